The number of likely N-dealkylation sites (tertiary alicyclic amines) is 1. The highest BCUT2D eigenvalue weighted by molar-refractivity contribution is 5.99. The second kappa shape index (κ2) is 41.1. The molecule has 0 saturated carbocycles. The van der Waals surface area contributed by atoms with Gasteiger partial charge in [-0.1, -0.05) is 71.9 Å². The van der Waals surface area contributed by atoms with Gasteiger partial charge in [0.25, 0.3) is 0 Å². The Bertz CT molecular complexity index is 2840. The van der Waals surface area contributed by atoms with Crippen LogP contribution in [0.25, 0.3) is 10.9 Å². The number of guanidine groups is 1. The lowest BCUT2D eigenvalue weighted by molar-refractivity contribution is -0.135. The third-order valence-corrected chi connectivity index (χ3v) is 14.6. The Morgan fingerprint density at radius 2 is 1.36 bits per heavy atom. The maximum atomic E-state index is 14.3. The molecule has 23 nitrogen and oxygen atoms in total. The lowest BCUT2D eigenvalue weighted by Crippen LogP contribution is -2.48. The van der Waals surface area contributed by atoms with Gasteiger partial charge >= 0.3 is 0 Å². The van der Waals surface area contributed by atoms with Crippen molar-refractivity contribution >= 4 is 75.8 Å². The first-order valence-electron chi connectivity index (χ1n) is 30.7. The normalized spacial score (nSPS) is 15.4. The van der Waals surface area contributed by atoms with E-state index in [1.54, 1.807) is 42.7 Å². The molecule has 4 aromatic rings. The largest absolute Gasteiger partial charge is 0.508 e. The molecule has 486 valence electrons. The van der Waals surface area contributed by atoms with Gasteiger partial charge in [-0.3, -0.25) is 48.1 Å². The minimum atomic E-state index is -1.12. The summed E-state index contributed by atoms with van der Waals surface area (Å²) in [5.41, 5.74) is 12.3. The molecule has 2 aliphatic heterocycles. The van der Waals surface area contributed by atoms with E-state index in [1.165, 1.54) is 12.1 Å². The van der Waals surface area contributed by atoms with E-state index in [-0.39, 0.29) is 111 Å². The van der Waals surface area contributed by atoms with E-state index in [4.69, 9.17) is 16.6 Å². The number of nitrogens with one attached hydrogen (secondary N) is 6. The number of aromatic amines is 2. The monoisotopic (exact) mass is 1230 g/mol. The maximum Gasteiger partial charge on any atom is 0.224 e. The first kappa shape index (κ1) is 76.0. The fraction of sp³-hybridized carbons (Fsp3) is 0.569. The zero-order valence-corrected chi connectivity index (χ0v) is 53.2. The smallest absolute Gasteiger partial charge is 0.224 e. The predicted molar refractivity (Wildman–Crippen MR) is 339 cm³/mol. The Hall–Kier alpha value is -8.08. The number of ketones is 4. The topological polar surface area (TPSA) is 371 Å². The van der Waals surface area contributed by atoms with Crippen LogP contribution in [0.2, 0.25) is 0 Å². The molecule has 88 heavy (non-hydrogen) atoms. The summed E-state index contributed by atoms with van der Waals surface area (Å²) in [6.07, 6.45) is 10.8. The van der Waals surface area contributed by atoms with Crippen LogP contribution in [-0.2, 0) is 60.8 Å². The van der Waals surface area contributed by atoms with Crippen molar-refractivity contribution in [3.8, 4) is 5.75 Å². The van der Waals surface area contributed by atoms with E-state index in [9.17, 15) is 53.1 Å². The van der Waals surface area contributed by atoms with Crippen LogP contribution in [0.1, 0.15) is 168 Å². The second-order valence-corrected chi connectivity index (χ2v) is 23.2. The molecule has 2 aliphatic rings. The van der Waals surface area contributed by atoms with E-state index >= 15 is 0 Å². The average molecular weight is 1230 g/mol. The molecule has 23 heteroatoms. The Kier molecular flexibility index (Phi) is 35.5. The predicted octanol–water partition coefficient (Wildman–Crippen LogP) is 6.10. The zero-order chi connectivity index (χ0) is 65.8. The van der Waals surface area contributed by atoms with Gasteiger partial charge < -0.3 is 62.6 Å². The van der Waals surface area contributed by atoms with Gasteiger partial charge in [-0.2, -0.15) is 0 Å². The number of imidazole rings is 1. The molecule has 4 heterocycles. The number of nitrogens with two attached hydrogens (primary N) is 2. The van der Waals surface area contributed by atoms with Crippen molar-refractivity contribution < 1.29 is 58.2 Å². The number of aliphatic hydroxyl groups is 1. The van der Waals surface area contributed by atoms with Crippen LogP contribution in [0.15, 0.2) is 72.2 Å². The number of benzene rings is 2. The van der Waals surface area contributed by atoms with Gasteiger partial charge in [-0.15, -0.1) is 0 Å². The number of aliphatic imine (C=N–C) groups is 1. The van der Waals surface area contributed by atoms with Gasteiger partial charge in [0.1, 0.15) is 12.0 Å². The summed E-state index contributed by atoms with van der Waals surface area (Å²) < 4.78 is 0. The third kappa shape index (κ3) is 29.1. The number of hydrogen-bond acceptors (Lipinski definition) is 14. The maximum absolute atomic E-state index is 14.3. The number of aromatic hydroxyl groups is 1. The number of para-hydroxylation sites is 1. The van der Waals surface area contributed by atoms with E-state index in [2.05, 4.69) is 41.2 Å². The fourth-order valence-corrected chi connectivity index (χ4v) is 9.81. The summed E-state index contributed by atoms with van der Waals surface area (Å²) in [5.74, 6) is -3.96. The average Bonchev–Trinajstić information content (AvgIpc) is 3.61. The van der Waals surface area contributed by atoms with Gasteiger partial charge in [0, 0.05) is 126 Å². The van der Waals surface area contributed by atoms with Gasteiger partial charge in [0.2, 0.25) is 29.5 Å². The Morgan fingerprint density at radius 3 is 1.88 bits per heavy atom. The van der Waals surface area contributed by atoms with E-state index in [1.807, 2.05) is 72.7 Å². The SMILES string of the molecule is CC(C)C[C@@H](CC(=O)[C@H](Cc1ccc(O)cc1)NC(=O)CCC(=O)[C@H](Cc1c[nH]c2ccccc12)NC(=O)CCC(=O)[C@]1(C)CCC(=O)N1)C(=O)N[C@@H](CC(C)C)C(=O)CCC(=O)N1CCCC1.CCCC=O.CCCN=C(N)N.CO.Cc1cnc[nH]1. The second-order valence-electron chi connectivity index (χ2n) is 23.2. The van der Waals surface area contributed by atoms with Gasteiger partial charge in [-0.25, -0.2) is 4.98 Å². The summed E-state index contributed by atoms with van der Waals surface area (Å²) in [6.45, 7) is 17.4. The number of aldehydes is 1. The van der Waals surface area contributed by atoms with Crippen LogP contribution >= 0.6 is 0 Å². The number of carbonyl (C=O) groups excluding carboxylic acids is 10. The Labute approximate surface area is 518 Å². The van der Waals surface area contributed by atoms with Crippen LogP contribution in [0.3, 0.4) is 0 Å². The summed E-state index contributed by atoms with van der Waals surface area (Å²) >= 11 is 0. The molecule has 0 bridgehead atoms. The molecule has 0 spiro atoms. The number of phenols is 1. The van der Waals surface area contributed by atoms with Crippen molar-refractivity contribution in [2.75, 3.05) is 26.7 Å². The number of hydrogen-bond donors (Lipinski definition) is 10. The minimum Gasteiger partial charge on any atom is -0.508 e. The third-order valence-electron chi connectivity index (χ3n) is 14.6. The van der Waals surface area contributed by atoms with Crippen molar-refractivity contribution in [1.82, 2.24) is 41.1 Å². The van der Waals surface area contributed by atoms with Crippen molar-refractivity contribution in [2.45, 2.75) is 195 Å². The lowest BCUT2D eigenvalue weighted by Gasteiger charge is -2.26. The molecule has 0 aliphatic carbocycles. The number of H-pyrrole nitrogens is 2. The van der Waals surface area contributed by atoms with E-state index in [0.29, 0.717) is 44.3 Å². The summed E-state index contributed by atoms with van der Waals surface area (Å²) in [7, 11) is 1.00. The Morgan fingerprint density at radius 1 is 0.761 bits per heavy atom. The number of amides is 5. The number of fused-ring (bicyclic) bond motifs is 1. The molecule has 0 unspecified atom stereocenters. The summed E-state index contributed by atoms with van der Waals surface area (Å²) in [4.78, 5) is 145. The quantitative estimate of drug-likeness (QED) is 0.0155. The molecule has 0 radical (unpaired) electrons. The summed E-state index contributed by atoms with van der Waals surface area (Å²) in [6, 6.07) is 10.6. The van der Waals surface area contributed by atoms with Crippen LogP contribution < -0.4 is 32.7 Å². The van der Waals surface area contributed by atoms with Gasteiger partial charge in [0.15, 0.2) is 29.1 Å². The number of phenolic OH excluding ortho intramolecular Hbond substituents is 1. The van der Waals surface area contributed by atoms with E-state index in [0.717, 1.165) is 67.8 Å². The van der Waals surface area contributed by atoms with Gasteiger partial charge in [-0.05, 0) is 106 Å². The molecule has 2 aromatic heterocycles. The summed E-state index contributed by atoms with van der Waals surface area (Å²) in [5, 5.41) is 29.0. The molecular formula is C65H99N11O12. The lowest BCUT2D eigenvalue weighted by atomic mass is 9.87. The van der Waals surface area contributed by atoms with Crippen molar-refractivity contribution in [3.05, 3.63) is 84.1 Å². The van der Waals surface area contributed by atoms with Gasteiger partial charge in [0.05, 0.1) is 30.0 Å². The first-order valence-corrected chi connectivity index (χ1v) is 30.7. The number of Topliss-reactive ketones (excluding diaryl/α,β-unsaturated/α-hetero) is 4. The van der Waals surface area contributed by atoms with Crippen molar-refractivity contribution in [1.29, 1.82) is 0 Å². The number of carbonyl (C=O) groups is 10. The molecular weight excluding hydrogens is 1130 g/mol. The highest BCUT2D eigenvalue weighted by Gasteiger charge is 2.39. The molecule has 5 atom stereocenters. The molecule has 5 amide bonds. The van der Waals surface area contributed by atoms with Crippen molar-refractivity contribution in [3.63, 3.8) is 0 Å². The standard InChI is InChI=1S/C52H70N6O10.C4H11N3.C4H6N2.C4H8O.CH4O/c1-32(2)26-35(51(68)56-40(27-33(3)4)44(61)17-21-50(67)58-24-8-9-25-58)30-45(62)41(28-34-12-14-37(59)15-13-34)54-47(64)19-16-43(60)42(29-36-31-53-39-11-7-6-10-38(36)39)55-48(65)20-18-46(63)52(5)23-22-49(66)57-52;1-2-3-7-4(5)6;1-4-2-5-3-6-4;1-2-3-4-5;1-2/h6-7,10-15,31-33,35,40-42,53,59H,8-9,16-30H2,1-5H3,(H,54,64)(H,55,65)(H,56,68)(H,57,66);2-3H2,1H3,(H4,5,6,7);2-3H,1H3,(H,5,6);4H,2-3H2,1H3;2H,1H3/t35-,40-,41-,42-,52-;;;;/m0..../s1. The first-order chi connectivity index (χ1) is 41.9. The van der Waals surface area contributed by atoms with Crippen LogP contribution in [0.5, 0.6) is 5.75 Å². The number of aliphatic hydroxyl groups excluding tert-OH is 1. The van der Waals surface area contributed by atoms with Crippen molar-refractivity contribution in [2.24, 2.45) is 34.2 Å². The number of unbranched alkanes of at least 4 members (excludes halogenated alkanes) is 1. The fourth-order valence-electron chi connectivity index (χ4n) is 9.81. The Balaban J connectivity index is 0.00000113. The molecule has 12 N–H and O–H groups in total. The number of aromatic nitrogens is 3. The van der Waals surface area contributed by atoms with Crippen LogP contribution in [0.4, 0.5) is 0 Å². The zero-order valence-electron chi connectivity index (χ0n) is 53.2. The molecule has 2 saturated heterocycles. The van der Waals surface area contributed by atoms with E-state index < -0.39 is 58.9 Å². The van der Waals surface area contributed by atoms with Crippen LogP contribution in [-0.4, -0.2) is 145 Å². The molecule has 6 rings (SSSR count). The minimum absolute atomic E-state index is 0.0104. The van der Waals surface area contributed by atoms with Crippen LogP contribution in [0, 0.1) is 24.7 Å². The number of aryl methyl sites for hydroxylation is 1. The highest BCUT2D eigenvalue weighted by Crippen LogP contribution is 2.25. The molecule has 2 aromatic carbocycles. The molecule has 2 fully saturated rings. The number of rotatable bonds is 31. The number of nitrogens with zero attached hydrogens (tertiary/aromatic N) is 3. The highest BCUT2D eigenvalue weighted by atomic mass is 16.3.